The predicted molar refractivity (Wildman–Crippen MR) is 97.7 cm³/mol. The average molecular weight is 436 g/mol. The molecule has 0 aromatic heterocycles. The Morgan fingerprint density at radius 1 is 1.19 bits per heavy atom. The van der Waals surface area contributed by atoms with Crippen LogP contribution in [0.5, 0.6) is 5.75 Å². The maximum absolute atomic E-state index is 6.02. The van der Waals surface area contributed by atoms with E-state index in [0.29, 0.717) is 5.92 Å². The lowest BCUT2D eigenvalue weighted by atomic mass is 10.0. The molecule has 0 radical (unpaired) electrons. The van der Waals surface area contributed by atoms with Gasteiger partial charge in [0, 0.05) is 16.9 Å². The maximum atomic E-state index is 6.02. The Balaban J connectivity index is 0.00000161. The van der Waals surface area contributed by atoms with Gasteiger partial charge in [0.05, 0.1) is 11.1 Å². The van der Waals surface area contributed by atoms with Crippen LogP contribution in [0.4, 0.5) is 0 Å². The summed E-state index contributed by atoms with van der Waals surface area (Å²) in [6, 6.07) is 10.4. The molecule has 5 heteroatoms. The maximum Gasteiger partial charge on any atom is 0.134 e. The number of piperidine rings is 1. The topological polar surface area (TPSA) is 21.3 Å². The highest BCUT2D eigenvalue weighted by molar-refractivity contribution is 9.11. The summed E-state index contributed by atoms with van der Waals surface area (Å²) in [6.45, 7) is 3.00. The summed E-state index contributed by atoms with van der Waals surface area (Å²) in [5, 5.41) is 5.82. The Morgan fingerprint density at radius 3 is 2.81 bits per heavy atom. The third-order valence-electron chi connectivity index (χ3n) is 3.75. The van der Waals surface area contributed by atoms with Crippen molar-refractivity contribution >= 4 is 55.0 Å². The molecule has 114 valence electrons. The zero-order valence-corrected chi connectivity index (χ0v) is 15.6. The van der Waals surface area contributed by atoms with E-state index in [0.717, 1.165) is 34.4 Å². The van der Waals surface area contributed by atoms with Crippen LogP contribution in [0.1, 0.15) is 12.8 Å². The fourth-order valence-corrected chi connectivity index (χ4v) is 3.61. The van der Waals surface area contributed by atoms with Gasteiger partial charge in [-0.3, -0.25) is 0 Å². The minimum Gasteiger partial charge on any atom is -0.492 e. The average Bonchev–Trinajstić information content (AvgIpc) is 2.47. The van der Waals surface area contributed by atoms with Gasteiger partial charge in [-0.25, -0.2) is 0 Å². The van der Waals surface area contributed by atoms with E-state index < -0.39 is 0 Å². The predicted octanol–water partition coefficient (Wildman–Crippen LogP) is 5.17. The Kier molecular flexibility index (Phi) is 6.35. The van der Waals surface area contributed by atoms with Crippen LogP contribution >= 0.6 is 44.3 Å². The molecular formula is C16H18Br2ClNO. The second kappa shape index (κ2) is 7.82. The minimum absolute atomic E-state index is 0. The van der Waals surface area contributed by atoms with Gasteiger partial charge in [-0.1, -0.05) is 28.1 Å². The molecule has 3 rings (SSSR count). The molecule has 1 heterocycles. The summed E-state index contributed by atoms with van der Waals surface area (Å²) in [4.78, 5) is 0. The molecule has 1 aliphatic rings. The van der Waals surface area contributed by atoms with Gasteiger partial charge < -0.3 is 10.1 Å². The van der Waals surface area contributed by atoms with E-state index in [9.17, 15) is 0 Å². The van der Waals surface area contributed by atoms with Gasteiger partial charge in [0.15, 0.2) is 0 Å². The number of ether oxygens (including phenoxy) is 1. The van der Waals surface area contributed by atoms with Crippen LogP contribution in [0.25, 0.3) is 10.8 Å². The first-order valence-corrected chi connectivity index (χ1v) is 8.54. The third-order valence-corrected chi connectivity index (χ3v) is 5.07. The van der Waals surface area contributed by atoms with Gasteiger partial charge in [-0.2, -0.15) is 0 Å². The Labute approximate surface area is 148 Å². The monoisotopic (exact) mass is 433 g/mol. The molecule has 0 spiro atoms. The zero-order valence-electron chi connectivity index (χ0n) is 11.6. The highest BCUT2D eigenvalue weighted by atomic mass is 79.9. The first kappa shape index (κ1) is 17.1. The largest absolute Gasteiger partial charge is 0.492 e. The Morgan fingerprint density at radius 2 is 2.05 bits per heavy atom. The van der Waals surface area contributed by atoms with Crippen molar-refractivity contribution in [1.29, 1.82) is 0 Å². The van der Waals surface area contributed by atoms with E-state index in [1.54, 1.807) is 0 Å². The highest BCUT2D eigenvalue weighted by Crippen LogP contribution is 2.34. The summed E-state index contributed by atoms with van der Waals surface area (Å²) in [6.07, 6.45) is 2.51. The van der Waals surface area contributed by atoms with E-state index in [2.05, 4.69) is 67.5 Å². The minimum atomic E-state index is 0. The van der Waals surface area contributed by atoms with Crippen LogP contribution in [0.2, 0.25) is 0 Å². The van der Waals surface area contributed by atoms with Crippen molar-refractivity contribution in [2.24, 2.45) is 5.92 Å². The molecular weight excluding hydrogens is 417 g/mol. The summed E-state index contributed by atoms with van der Waals surface area (Å²) in [7, 11) is 0. The van der Waals surface area contributed by atoms with Crippen molar-refractivity contribution in [1.82, 2.24) is 5.32 Å². The lowest BCUT2D eigenvalue weighted by molar-refractivity contribution is 0.217. The van der Waals surface area contributed by atoms with Crippen molar-refractivity contribution in [3.63, 3.8) is 0 Å². The fourth-order valence-electron chi connectivity index (χ4n) is 2.63. The molecule has 1 fully saturated rings. The molecule has 21 heavy (non-hydrogen) atoms. The number of hydrogen-bond acceptors (Lipinski definition) is 2. The molecule has 1 saturated heterocycles. The molecule has 2 nitrogen and oxygen atoms in total. The highest BCUT2D eigenvalue weighted by Gasteiger charge is 2.14. The summed E-state index contributed by atoms with van der Waals surface area (Å²) in [5.74, 6) is 1.56. The van der Waals surface area contributed by atoms with E-state index >= 15 is 0 Å². The fraction of sp³-hybridized carbons (Fsp3) is 0.375. The molecule has 0 saturated carbocycles. The van der Waals surface area contributed by atoms with Crippen molar-refractivity contribution in [3.8, 4) is 5.75 Å². The van der Waals surface area contributed by atoms with Crippen LogP contribution in [0.3, 0.4) is 0 Å². The third kappa shape index (κ3) is 4.13. The standard InChI is InChI=1S/C16H17Br2NO.ClH/c17-13-4-5-14-12(8-13)3-6-15(16(14)18)20-10-11-2-1-7-19-9-11;/h3-6,8,11,19H,1-2,7,9-10H2;1H. The smallest absolute Gasteiger partial charge is 0.134 e. The molecule has 1 N–H and O–H groups in total. The number of hydrogen-bond donors (Lipinski definition) is 1. The zero-order chi connectivity index (χ0) is 13.9. The van der Waals surface area contributed by atoms with Crippen LogP contribution < -0.4 is 10.1 Å². The number of fused-ring (bicyclic) bond motifs is 1. The number of benzene rings is 2. The van der Waals surface area contributed by atoms with Gasteiger partial charge in [0.1, 0.15) is 5.75 Å². The lowest BCUT2D eigenvalue weighted by Gasteiger charge is -2.23. The quantitative estimate of drug-likeness (QED) is 0.719. The normalized spacial score (nSPS) is 18.3. The first-order chi connectivity index (χ1) is 9.74. The second-order valence-corrected chi connectivity index (χ2v) is 6.98. The van der Waals surface area contributed by atoms with Gasteiger partial charge in [0.25, 0.3) is 0 Å². The molecule has 1 aliphatic heterocycles. The van der Waals surface area contributed by atoms with Gasteiger partial charge >= 0.3 is 0 Å². The van der Waals surface area contributed by atoms with Crippen LogP contribution in [0, 0.1) is 5.92 Å². The molecule has 1 unspecified atom stereocenters. The number of nitrogens with one attached hydrogen (secondary N) is 1. The molecule has 1 atom stereocenters. The van der Waals surface area contributed by atoms with E-state index in [4.69, 9.17) is 4.74 Å². The van der Waals surface area contributed by atoms with E-state index in [1.807, 2.05) is 0 Å². The van der Waals surface area contributed by atoms with Crippen LogP contribution in [0.15, 0.2) is 39.3 Å². The van der Waals surface area contributed by atoms with Gasteiger partial charge in [-0.05, 0) is 64.3 Å². The lowest BCUT2D eigenvalue weighted by Crippen LogP contribution is -2.33. The molecule has 0 amide bonds. The molecule has 2 aromatic rings. The van der Waals surface area contributed by atoms with Crippen molar-refractivity contribution < 1.29 is 4.74 Å². The van der Waals surface area contributed by atoms with Gasteiger partial charge in [-0.15, -0.1) is 12.4 Å². The summed E-state index contributed by atoms with van der Waals surface area (Å²) >= 11 is 7.18. The van der Waals surface area contributed by atoms with E-state index in [-0.39, 0.29) is 12.4 Å². The molecule has 0 bridgehead atoms. The van der Waals surface area contributed by atoms with Gasteiger partial charge in [0.2, 0.25) is 0 Å². The van der Waals surface area contributed by atoms with Crippen LogP contribution in [-0.4, -0.2) is 19.7 Å². The first-order valence-electron chi connectivity index (χ1n) is 6.95. The Bertz CT molecular complexity index is 614. The molecule has 0 aliphatic carbocycles. The SMILES string of the molecule is Brc1ccc2c(Br)c(OCC3CCCNC3)ccc2c1.Cl. The number of rotatable bonds is 3. The van der Waals surface area contributed by atoms with Crippen molar-refractivity contribution in [2.75, 3.05) is 19.7 Å². The van der Waals surface area contributed by atoms with Crippen molar-refractivity contribution in [2.45, 2.75) is 12.8 Å². The summed E-state index contributed by atoms with van der Waals surface area (Å²) in [5.41, 5.74) is 0. The Hall–Kier alpha value is -0.290. The van der Waals surface area contributed by atoms with Crippen molar-refractivity contribution in [3.05, 3.63) is 39.3 Å². The van der Waals surface area contributed by atoms with E-state index in [1.165, 1.54) is 23.6 Å². The van der Waals surface area contributed by atoms with Crippen LogP contribution in [-0.2, 0) is 0 Å². The summed E-state index contributed by atoms with van der Waals surface area (Å²) < 4.78 is 8.16. The molecule has 2 aromatic carbocycles. The second-order valence-electron chi connectivity index (χ2n) is 5.27. The number of halogens is 3.